The standard InChI is InChI=1S/C17H21N3O3S/c1-3-16-20-13(10-24-16)11(2)19-17(21)18-9-12-4-5-14-15(8-12)23-7-6-22-14/h4-5,8,10-11H,3,6-7,9H2,1-2H3,(H2,18,19,21)/t11-/m1/s1. The van der Waals surface area contributed by atoms with Gasteiger partial charge in [-0.15, -0.1) is 11.3 Å². The molecule has 0 aliphatic carbocycles. The lowest BCUT2D eigenvalue weighted by Gasteiger charge is -2.19. The molecule has 6 nitrogen and oxygen atoms in total. The van der Waals surface area contributed by atoms with Gasteiger partial charge >= 0.3 is 6.03 Å². The smallest absolute Gasteiger partial charge is 0.315 e. The first-order chi connectivity index (χ1) is 11.7. The highest BCUT2D eigenvalue weighted by atomic mass is 32.1. The van der Waals surface area contributed by atoms with Gasteiger partial charge in [-0.1, -0.05) is 13.0 Å². The Hall–Kier alpha value is -2.28. The summed E-state index contributed by atoms with van der Waals surface area (Å²) in [7, 11) is 0. The Morgan fingerprint density at radius 2 is 2.12 bits per heavy atom. The summed E-state index contributed by atoms with van der Waals surface area (Å²) in [6.07, 6.45) is 0.910. The Balaban J connectivity index is 1.51. The van der Waals surface area contributed by atoms with Crippen molar-refractivity contribution in [2.75, 3.05) is 13.2 Å². The maximum Gasteiger partial charge on any atom is 0.315 e. The summed E-state index contributed by atoms with van der Waals surface area (Å²) >= 11 is 1.62. The minimum Gasteiger partial charge on any atom is -0.486 e. The lowest BCUT2D eigenvalue weighted by Crippen LogP contribution is -2.36. The average molecular weight is 347 g/mol. The zero-order valence-corrected chi connectivity index (χ0v) is 14.6. The van der Waals surface area contributed by atoms with E-state index in [4.69, 9.17) is 9.47 Å². The van der Waals surface area contributed by atoms with Gasteiger partial charge in [-0.2, -0.15) is 0 Å². The highest BCUT2D eigenvalue weighted by Gasteiger charge is 2.14. The molecular weight excluding hydrogens is 326 g/mol. The second-order valence-corrected chi connectivity index (χ2v) is 6.49. The number of benzene rings is 1. The number of carbonyl (C=O) groups is 1. The molecule has 1 aliphatic rings. The molecule has 0 fully saturated rings. The van der Waals surface area contributed by atoms with E-state index in [0.29, 0.717) is 19.8 Å². The van der Waals surface area contributed by atoms with Gasteiger partial charge in [-0.3, -0.25) is 0 Å². The molecule has 2 heterocycles. The van der Waals surface area contributed by atoms with Gasteiger partial charge in [0.15, 0.2) is 11.5 Å². The zero-order chi connectivity index (χ0) is 16.9. The van der Waals surface area contributed by atoms with Crippen LogP contribution < -0.4 is 20.1 Å². The zero-order valence-electron chi connectivity index (χ0n) is 13.8. The molecular formula is C17H21N3O3S. The maximum absolute atomic E-state index is 12.1. The normalized spacial score (nSPS) is 14.1. The van der Waals surface area contributed by atoms with E-state index in [1.165, 1.54) is 0 Å². The van der Waals surface area contributed by atoms with Crippen molar-refractivity contribution in [2.45, 2.75) is 32.9 Å². The Bertz CT molecular complexity index is 717. The van der Waals surface area contributed by atoms with E-state index in [0.717, 1.165) is 34.2 Å². The molecule has 24 heavy (non-hydrogen) atoms. The number of rotatable bonds is 5. The fraction of sp³-hybridized carbons (Fsp3) is 0.412. The number of hydrogen-bond donors (Lipinski definition) is 2. The summed E-state index contributed by atoms with van der Waals surface area (Å²) in [6, 6.07) is 5.34. The van der Waals surface area contributed by atoms with E-state index in [-0.39, 0.29) is 12.1 Å². The van der Waals surface area contributed by atoms with Crippen LogP contribution in [0, 0.1) is 0 Å². The summed E-state index contributed by atoms with van der Waals surface area (Å²) < 4.78 is 11.0. The van der Waals surface area contributed by atoms with Crippen molar-refractivity contribution in [1.82, 2.24) is 15.6 Å². The van der Waals surface area contributed by atoms with Gasteiger partial charge in [-0.25, -0.2) is 9.78 Å². The van der Waals surface area contributed by atoms with Gasteiger partial charge in [0.05, 0.1) is 16.7 Å². The van der Waals surface area contributed by atoms with Gasteiger partial charge in [-0.05, 0) is 31.0 Å². The van der Waals surface area contributed by atoms with Crippen molar-refractivity contribution in [2.24, 2.45) is 0 Å². The average Bonchev–Trinajstić information content (AvgIpc) is 3.09. The van der Waals surface area contributed by atoms with Crippen molar-refractivity contribution < 1.29 is 14.3 Å². The van der Waals surface area contributed by atoms with Crippen LogP contribution in [0.15, 0.2) is 23.6 Å². The van der Waals surface area contributed by atoms with Gasteiger partial charge in [0.1, 0.15) is 13.2 Å². The molecule has 7 heteroatoms. The second kappa shape index (κ2) is 7.53. The molecule has 0 saturated carbocycles. The van der Waals surface area contributed by atoms with E-state index in [1.54, 1.807) is 11.3 Å². The molecule has 0 radical (unpaired) electrons. The summed E-state index contributed by atoms with van der Waals surface area (Å²) in [5.74, 6) is 1.47. The van der Waals surface area contributed by atoms with Gasteiger partial charge < -0.3 is 20.1 Å². The number of hydrogen-bond acceptors (Lipinski definition) is 5. The van der Waals surface area contributed by atoms with Crippen molar-refractivity contribution >= 4 is 17.4 Å². The summed E-state index contributed by atoms with van der Waals surface area (Å²) in [5.41, 5.74) is 1.86. The van der Waals surface area contributed by atoms with Gasteiger partial charge in [0.2, 0.25) is 0 Å². The van der Waals surface area contributed by atoms with Crippen molar-refractivity contribution in [1.29, 1.82) is 0 Å². The van der Waals surface area contributed by atoms with Crippen LogP contribution >= 0.6 is 11.3 Å². The summed E-state index contributed by atoms with van der Waals surface area (Å²) in [5, 5.41) is 8.83. The number of amides is 2. The molecule has 1 aromatic carbocycles. The van der Waals surface area contributed by atoms with Crippen LogP contribution in [-0.4, -0.2) is 24.2 Å². The maximum atomic E-state index is 12.1. The van der Waals surface area contributed by atoms with Gasteiger partial charge in [0, 0.05) is 11.9 Å². The lowest BCUT2D eigenvalue weighted by molar-refractivity contribution is 0.171. The van der Waals surface area contributed by atoms with E-state index in [2.05, 4.69) is 22.5 Å². The lowest BCUT2D eigenvalue weighted by atomic mass is 10.2. The third kappa shape index (κ3) is 3.97. The van der Waals surface area contributed by atoms with Crippen LogP contribution in [0.5, 0.6) is 11.5 Å². The number of aromatic nitrogens is 1. The number of aryl methyl sites for hydroxylation is 1. The van der Waals surface area contributed by atoms with Crippen LogP contribution in [0.2, 0.25) is 0 Å². The number of nitrogens with one attached hydrogen (secondary N) is 2. The molecule has 2 N–H and O–H groups in total. The number of fused-ring (bicyclic) bond motifs is 1. The topological polar surface area (TPSA) is 72.5 Å². The third-order valence-corrected chi connectivity index (χ3v) is 4.73. The predicted molar refractivity (Wildman–Crippen MR) is 92.7 cm³/mol. The number of nitrogens with zero attached hydrogens (tertiary/aromatic N) is 1. The molecule has 0 spiro atoms. The Morgan fingerprint density at radius 1 is 1.33 bits per heavy atom. The molecule has 0 unspecified atom stereocenters. The number of urea groups is 1. The SMILES string of the molecule is CCc1nc([C@@H](C)NC(=O)NCc2ccc3c(c2)OCCO3)cs1. The fourth-order valence-corrected chi connectivity index (χ4v) is 3.23. The van der Waals surface area contributed by atoms with Crippen molar-refractivity contribution in [3.63, 3.8) is 0 Å². The largest absolute Gasteiger partial charge is 0.486 e. The van der Waals surface area contributed by atoms with Crippen LogP contribution in [0.1, 0.15) is 36.2 Å². The highest BCUT2D eigenvalue weighted by Crippen LogP contribution is 2.30. The molecule has 0 bridgehead atoms. The first kappa shape index (κ1) is 16.6. The first-order valence-electron chi connectivity index (χ1n) is 8.03. The molecule has 1 aliphatic heterocycles. The molecule has 1 atom stereocenters. The fourth-order valence-electron chi connectivity index (χ4n) is 2.39. The van der Waals surface area contributed by atoms with Crippen LogP contribution in [-0.2, 0) is 13.0 Å². The highest BCUT2D eigenvalue weighted by molar-refractivity contribution is 7.09. The van der Waals surface area contributed by atoms with Crippen molar-refractivity contribution in [3.05, 3.63) is 39.8 Å². The Morgan fingerprint density at radius 3 is 2.88 bits per heavy atom. The monoisotopic (exact) mass is 347 g/mol. The minimum absolute atomic E-state index is 0.123. The molecule has 128 valence electrons. The molecule has 2 aromatic rings. The first-order valence-corrected chi connectivity index (χ1v) is 8.91. The molecule has 1 aromatic heterocycles. The second-order valence-electron chi connectivity index (χ2n) is 5.55. The molecule has 3 rings (SSSR count). The predicted octanol–water partition coefficient (Wildman–Crippen LogP) is 3.04. The van der Waals surface area contributed by atoms with E-state index in [1.807, 2.05) is 30.5 Å². The van der Waals surface area contributed by atoms with E-state index in [9.17, 15) is 4.79 Å². The molecule has 0 saturated heterocycles. The van der Waals surface area contributed by atoms with Crippen molar-refractivity contribution in [3.8, 4) is 11.5 Å². The van der Waals surface area contributed by atoms with Gasteiger partial charge in [0.25, 0.3) is 0 Å². The van der Waals surface area contributed by atoms with Crippen LogP contribution in [0.4, 0.5) is 4.79 Å². The molecule has 2 amide bonds. The van der Waals surface area contributed by atoms with Crippen LogP contribution in [0.3, 0.4) is 0 Å². The third-order valence-electron chi connectivity index (χ3n) is 3.72. The minimum atomic E-state index is -0.219. The van der Waals surface area contributed by atoms with E-state index >= 15 is 0 Å². The number of ether oxygens (including phenoxy) is 2. The quantitative estimate of drug-likeness (QED) is 0.872. The summed E-state index contributed by atoms with van der Waals surface area (Å²) in [6.45, 7) is 5.54. The van der Waals surface area contributed by atoms with E-state index < -0.39 is 0 Å². The van der Waals surface area contributed by atoms with Crippen LogP contribution in [0.25, 0.3) is 0 Å². The summed E-state index contributed by atoms with van der Waals surface area (Å²) in [4.78, 5) is 16.6. The Kier molecular flexibility index (Phi) is 5.20. The Labute approximate surface area is 145 Å². The number of carbonyl (C=O) groups excluding carboxylic acids is 1. The number of thiazole rings is 1.